The first-order valence-corrected chi connectivity index (χ1v) is 8.03. The first kappa shape index (κ1) is 17.7. The van der Waals surface area contributed by atoms with Crippen LogP contribution in [0.3, 0.4) is 0 Å². The van der Waals surface area contributed by atoms with Crippen LogP contribution in [0, 0.1) is 5.82 Å². The van der Waals surface area contributed by atoms with Crippen molar-refractivity contribution in [3.05, 3.63) is 34.6 Å². The summed E-state index contributed by atoms with van der Waals surface area (Å²) >= 11 is 5.98. The number of rotatable bonds is 5. The second kappa shape index (κ2) is 8.26. The highest BCUT2D eigenvalue weighted by atomic mass is 35.5. The van der Waals surface area contributed by atoms with E-state index in [0.29, 0.717) is 23.6 Å². The monoisotopic (exact) mass is 341 g/mol. The molecule has 0 aliphatic carbocycles. The van der Waals surface area contributed by atoms with Crippen LogP contribution in [0.25, 0.3) is 0 Å². The number of carbonyl (C=O) groups is 2. The van der Waals surface area contributed by atoms with E-state index in [-0.39, 0.29) is 24.9 Å². The highest BCUT2D eigenvalue weighted by Gasteiger charge is 2.23. The molecule has 0 unspecified atom stereocenters. The predicted octanol–water partition coefficient (Wildman–Crippen LogP) is 1.70. The van der Waals surface area contributed by atoms with Crippen molar-refractivity contribution in [2.45, 2.75) is 31.8 Å². The smallest absolute Gasteiger partial charge is 0.242 e. The lowest BCUT2D eigenvalue weighted by Crippen LogP contribution is -2.48. The summed E-state index contributed by atoms with van der Waals surface area (Å²) in [5, 5.41) is 5.84. The van der Waals surface area contributed by atoms with Crippen LogP contribution in [0.2, 0.25) is 5.02 Å². The molecule has 1 aromatic rings. The van der Waals surface area contributed by atoms with Gasteiger partial charge in [-0.05, 0) is 38.4 Å². The summed E-state index contributed by atoms with van der Waals surface area (Å²) in [6.07, 6.45) is 2.45. The van der Waals surface area contributed by atoms with Gasteiger partial charge in [-0.1, -0.05) is 17.7 Å². The van der Waals surface area contributed by atoms with Crippen LogP contribution in [0.1, 0.15) is 24.8 Å². The van der Waals surface area contributed by atoms with Gasteiger partial charge in [0, 0.05) is 23.7 Å². The summed E-state index contributed by atoms with van der Waals surface area (Å²) in [4.78, 5) is 25.6. The fourth-order valence-electron chi connectivity index (χ4n) is 2.57. The molecule has 0 bridgehead atoms. The summed E-state index contributed by atoms with van der Waals surface area (Å²) < 4.78 is 13.8. The molecule has 1 aliphatic heterocycles. The molecular formula is C16H21ClFN3O2. The largest absolute Gasteiger partial charge is 0.354 e. The molecule has 1 atom stereocenters. The molecule has 23 heavy (non-hydrogen) atoms. The molecule has 5 nitrogen and oxygen atoms in total. The molecule has 1 aromatic carbocycles. The van der Waals surface area contributed by atoms with Crippen molar-refractivity contribution in [3.63, 3.8) is 0 Å². The van der Waals surface area contributed by atoms with E-state index in [1.807, 2.05) is 0 Å². The maximum atomic E-state index is 13.8. The minimum Gasteiger partial charge on any atom is -0.354 e. The zero-order valence-electron chi connectivity index (χ0n) is 13.1. The first-order chi connectivity index (χ1) is 11.0. The lowest BCUT2D eigenvalue weighted by atomic mass is 10.1. The van der Waals surface area contributed by atoms with E-state index >= 15 is 0 Å². The number of hydrogen-bond acceptors (Lipinski definition) is 3. The zero-order chi connectivity index (χ0) is 16.8. The topological polar surface area (TPSA) is 61.4 Å². The summed E-state index contributed by atoms with van der Waals surface area (Å²) in [6, 6.07) is 4.00. The summed E-state index contributed by atoms with van der Waals surface area (Å²) in [7, 11) is 1.70. The van der Waals surface area contributed by atoms with Gasteiger partial charge in [0.15, 0.2) is 0 Å². The number of halogens is 2. The van der Waals surface area contributed by atoms with Gasteiger partial charge in [0.05, 0.1) is 6.54 Å². The zero-order valence-corrected chi connectivity index (χ0v) is 13.8. The Bertz CT molecular complexity index is 562. The third-order valence-corrected chi connectivity index (χ3v) is 4.13. The van der Waals surface area contributed by atoms with Crippen LogP contribution >= 0.6 is 11.6 Å². The summed E-state index contributed by atoms with van der Waals surface area (Å²) in [6.45, 7) is 0.932. The van der Waals surface area contributed by atoms with Crippen LogP contribution in [-0.2, 0) is 16.1 Å². The maximum absolute atomic E-state index is 13.8. The molecule has 1 heterocycles. The Labute approximate surface area is 140 Å². The Kier molecular flexibility index (Phi) is 6.36. The molecule has 2 N–H and O–H groups in total. The van der Waals surface area contributed by atoms with Crippen LogP contribution in [0.5, 0.6) is 0 Å². The van der Waals surface area contributed by atoms with Gasteiger partial charge in [-0.3, -0.25) is 14.5 Å². The fraction of sp³-hybridized carbons (Fsp3) is 0.500. The molecule has 2 amide bonds. The van der Waals surface area contributed by atoms with Gasteiger partial charge in [-0.25, -0.2) is 4.39 Å². The van der Waals surface area contributed by atoms with Gasteiger partial charge < -0.3 is 10.6 Å². The van der Waals surface area contributed by atoms with Crippen LogP contribution < -0.4 is 10.6 Å². The molecule has 0 saturated carbocycles. The Hall–Kier alpha value is -1.66. The SMILES string of the molecule is CN(CC(=O)N[C@@H]1CCCCNC1=O)Cc1c(F)cccc1Cl. The van der Waals surface area contributed by atoms with Gasteiger partial charge in [-0.15, -0.1) is 0 Å². The van der Waals surface area contributed by atoms with Gasteiger partial charge in [0.25, 0.3) is 0 Å². The highest BCUT2D eigenvalue weighted by molar-refractivity contribution is 6.31. The lowest BCUT2D eigenvalue weighted by molar-refractivity contribution is -0.129. The van der Waals surface area contributed by atoms with Crippen molar-refractivity contribution in [1.82, 2.24) is 15.5 Å². The van der Waals surface area contributed by atoms with Crippen molar-refractivity contribution in [1.29, 1.82) is 0 Å². The highest BCUT2D eigenvalue weighted by Crippen LogP contribution is 2.20. The molecule has 2 rings (SSSR count). The summed E-state index contributed by atoms with van der Waals surface area (Å²) in [5.74, 6) is -0.800. The predicted molar refractivity (Wildman–Crippen MR) is 86.5 cm³/mol. The molecule has 0 spiro atoms. The number of nitrogens with one attached hydrogen (secondary N) is 2. The normalized spacial score (nSPS) is 18.4. The molecule has 126 valence electrons. The number of amides is 2. The second-order valence-corrected chi connectivity index (χ2v) is 6.19. The second-order valence-electron chi connectivity index (χ2n) is 5.78. The Balaban J connectivity index is 1.88. The van der Waals surface area contributed by atoms with Gasteiger partial charge in [-0.2, -0.15) is 0 Å². The number of benzene rings is 1. The molecule has 1 saturated heterocycles. The number of nitrogens with zero attached hydrogens (tertiary/aromatic N) is 1. The third-order valence-electron chi connectivity index (χ3n) is 3.77. The van der Waals surface area contributed by atoms with Crippen LogP contribution in [0.15, 0.2) is 18.2 Å². The van der Waals surface area contributed by atoms with E-state index in [1.54, 1.807) is 24.1 Å². The average Bonchev–Trinajstić information content (AvgIpc) is 2.68. The quantitative estimate of drug-likeness (QED) is 0.857. The Morgan fingerprint density at radius 1 is 1.48 bits per heavy atom. The first-order valence-electron chi connectivity index (χ1n) is 7.66. The third kappa shape index (κ3) is 5.18. The number of carbonyl (C=O) groups excluding carboxylic acids is 2. The molecule has 0 aromatic heterocycles. The maximum Gasteiger partial charge on any atom is 0.242 e. The van der Waals surface area contributed by atoms with E-state index in [1.165, 1.54) is 6.07 Å². The Morgan fingerprint density at radius 3 is 3.00 bits per heavy atom. The lowest BCUT2D eigenvalue weighted by Gasteiger charge is -2.20. The van der Waals surface area contributed by atoms with Gasteiger partial charge in [0.1, 0.15) is 11.9 Å². The molecule has 7 heteroatoms. The van der Waals surface area contributed by atoms with Crippen LogP contribution in [-0.4, -0.2) is 42.9 Å². The van der Waals surface area contributed by atoms with Crippen molar-refractivity contribution in [2.24, 2.45) is 0 Å². The van der Waals surface area contributed by atoms with Gasteiger partial charge >= 0.3 is 0 Å². The number of likely N-dealkylation sites (N-methyl/N-ethyl adjacent to an activating group) is 1. The fourth-order valence-corrected chi connectivity index (χ4v) is 2.79. The van der Waals surface area contributed by atoms with Gasteiger partial charge in [0.2, 0.25) is 11.8 Å². The standard InChI is InChI=1S/C16H21ClFN3O2/c1-21(9-11-12(17)5-4-6-13(11)18)10-15(22)20-14-7-2-3-8-19-16(14)23/h4-6,14H,2-3,7-10H2,1H3,(H,19,23)(H,20,22)/t14-/m1/s1. The minimum atomic E-state index is -0.490. The van der Waals surface area contributed by atoms with Crippen molar-refractivity contribution < 1.29 is 14.0 Å². The van der Waals surface area contributed by atoms with E-state index < -0.39 is 11.9 Å². The van der Waals surface area contributed by atoms with Crippen molar-refractivity contribution >= 4 is 23.4 Å². The van der Waals surface area contributed by atoms with E-state index in [4.69, 9.17) is 11.6 Å². The van der Waals surface area contributed by atoms with E-state index in [0.717, 1.165) is 12.8 Å². The van der Waals surface area contributed by atoms with Crippen molar-refractivity contribution in [2.75, 3.05) is 20.1 Å². The number of hydrogen-bond donors (Lipinski definition) is 2. The molecular weight excluding hydrogens is 321 g/mol. The van der Waals surface area contributed by atoms with E-state index in [2.05, 4.69) is 10.6 Å². The molecule has 1 aliphatic rings. The Morgan fingerprint density at radius 2 is 2.26 bits per heavy atom. The molecule has 0 radical (unpaired) electrons. The minimum absolute atomic E-state index is 0.0639. The van der Waals surface area contributed by atoms with Crippen molar-refractivity contribution in [3.8, 4) is 0 Å². The van der Waals surface area contributed by atoms with Crippen LogP contribution in [0.4, 0.5) is 4.39 Å². The van der Waals surface area contributed by atoms with E-state index in [9.17, 15) is 14.0 Å². The summed E-state index contributed by atoms with van der Waals surface area (Å²) in [5.41, 5.74) is 0.358. The molecule has 1 fully saturated rings. The average molecular weight is 342 g/mol.